The highest BCUT2D eigenvalue weighted by molar-refractivity contribution is 7.80. The molecule has 0 bridgehead atoms. The van der Waals surface area contributed by atoms with E-state index in [1.807, 2.05) is 18.2 Å². The summed E-state index contributed by atoms with van der Waals surface area (Å²) in [6, 6.07) is 5.00. The third-order valence-electron chi connectivity index (χ3n) is 1.64. The van der Waals surface area contributed by atoms with Crippen molar-refractivity contribution in [1.82, 2.24) is 0 Å². The Morgan fingerprint density at radius 1 is 1.46 bits per heavy atom. The molecule has 1 aromatic rings. The highest BCUT2D eigenvalue weighted by atomic mass is 35.5. The summed E-state index contributed by atoms with van der Waals surface area (Å²) >= 11 is 9.53. The fourth-order valence-corrected chi connectivity index (χ4v) is 1.29. The zero-order valence-corrected chi connectivity index (χ0v) is 8.65. The fourth-order valence-electron chi connectivity index (χ4n) is 0.964. The van der Waals surface area contributed by atoms with Crippen LogP contribution in [0.2, 0.25) is 0 Å². The zero-order chi connectivity index (χ0) is 9.68. The molecule has 0 atom stereocenters. The molecule has 0 saturated carbocycles. The monoisotopic (exact) mass is 216 g/mol. The third kappa shape index (κ3) is 3.05. The van der Waals surface area contributed by atoms with Crippen molar-refractivity contribution in [3.05, 3.63) is 41.2 Å². The molecule has 1 aromatic carbocycles. The molecule has 13 heavy (non-hydrogen) atoms. The topological polar surface area (TPSA) is 0 Å². The van der Waals surface area contributed by atoms with Crippen LogP contribution in [0.15, 0.2) is 24.3 Å². The molecule has 0 unspecified atom stereocenters. The molecule has 0 spiro atoms. The van der Waals surface area contributed by atoms with E-state index in [9.17, 15) is 4.39 Å². The first kappa shape index (κ1) is 10.6. The second-order valence-corrected chi connectivity index (χ2v) is 3.20. The lowest BCUT2D eigenvalue weighted by molar-refractivity contribution is 0.616. The molecule has 1 rings (SSSR count). The second kappa shape index (κ2) is 5.30. The van der Waals surface area contributed by atoms with E-state index in [0.717, 1.165) is 5.56 Å². The Bertz CT molecular complexity index is 310. The smallest absolute Gasteiger partial charge is 0.128 e. The maximum absolute atomic E-state index is 13.1. The van der Waals surface area contributed by atoms with Gasteiger partial charge in [0.15, 0.2) is 0 Å². The molecule has 0 aliphatic rings. The van der Waals surface area contributed by atoms with Crippen molar-refractivity contribution in [3.63, 3.8) is 0 Å². The van der Waals surface area contributed by atoms with E-state index in [1.54, 1.807) is 6.07 Å². The van der Waals surface area contributed by atoms with Gasteiger partial charge < -0.3 is 0 Å². The lowest BCUT2D eigenvalue weighted by Crippen LogP contribution is -1.86. The number of hydrogen-bond acceptors (Lipinski definition) is 1. The first-order chi connectivity index (χ1) is 6.27. The van der Waals surface area contributed by atoms with Gasteiger partial charge in [-0.2, -0.15) is 12.6 Å². The van der Waals surface area contributed by atoms with Gasteiger partial charge in [-0.05, 0) is 11.6 Å². The Hall–Kier alpha value is -0.470. The predicted octanol–water partition coefficient (Wildman–Crippen LogP) is 3.51. The minimum Gasteiger partial charge on any atom is -0.207 e. The van der Waals surface area contributed by atoms with Crippen LogP contribution in [0.3, 0.4) is 0 Å². The summed E-state index contributed by atoms with van der Waals surface area (Å²) in [6.07, 6.45) is 3.69. The second-order valence-electron chi connectivity index (χ2n) is 2.57. The van der Waals surface area contributed by atoms with Gasteiger partial charge in [-0.3, -0.25) is 0 Å². The van der Waals surface area contributed by atoms with Gasteiger partial charge in [0, 0.05) is 11.3 Å². The molecule has 0 N–H and O–H groups in total. The van der Waals surface area contributed by atoms with Crippen LogP contribution in [0.1, 0.15) is 11.1 Å². The first-order valence-electron chi connectivity index (χ1n) is 3.89. The SMILES string of the molecule is Fc1cc(C=CCS)ccc1CCl. The third-order valence-corrected chi connectivity index (χ3v) is 2.14. The highest BCUT2D eigenvalue weighted by Crippen LogP contribution is 2.13. The number of halogens is 2. The molecule has 0 heterocycles. The fraction of sp³-hybridized carbons (Fsp3) is 0.200. The Morgan fingerprint density at radius 2 is 2.23 bits per heavy atom. The molecule has 0 fully saturated rings. The van der Waals surface area contributed by atoms with Crippen LogP contribution < -0.4 is 0 Å². The van der Waals surface area contributed by atoms with Gasteiger partial charge in [-0.15, -0.1) is 11.6 Å². The summed E-state index contributed by atoms with van der Waals surface area (Å²) in [7, 11) is 0. The largest absolute Gasteiger partial charge is 0.207 e. The van der Waals surface area contributed by atoms with E-state index >= 15 is 0 Å². The standard InChI is InChI=1S/C10H10ClFS/c11-7-9-4-3-8(2-1-5-13)6-10(9)12/h1-4,6,13H,5,7H2. The van der Waals surface area contributed by atoms with Gasteiger partial charge in [-0.25, -0.2) is 4.39 Å². The Labute approximate surface area is 87.8 Å². The van der Waals surface area contributed by atoms with Crippen molar-refractivity contribution in [1.29, 1.82) is 0 Å². The van der Waals surface area contributed by atoms with Gasteiger partial charge in [0.25, 0.3) is 0 Å². The Morgan fingerprint density at radius 3 is 2.77 bits per heavy atom. The Balaban J connectivity index is 2.89. The average Bonchev–Trinajstić information content (AvgIpc) is 2.15. The quantitative estimate of drug-likeness (QED) is 0.580. The highest BCUT2D eigenvalue weighted by Gasteiger charge is 1.99. The molecular weight excluding hydrogens is 207 g/mol. The van der Waals surface area contributed by atoms with Gasteiger partial charge >= 0.3 is 0 Å². The lowest BCUT2D eigenvalue weighted by Gasteiger charge is -1.99. The van der Waals surface area contributed by atoms with E-state index in [4.69, 9.17) is 11.6 Å². The van der Waals surface area contributed by atoms with Crippen molar-refractivity contribution in [2.45, 2.75) is 5.88 Å². The average molecular weight is 217 g/mol. The molecule has 0 saturated heterocycles. The van der Waals surface area contributed by atoms with Crippen LogP contribution in [0.25, 0.3) is 6.08 Å². The summed E-state index contributed by atoms with van der Waals surface area (Å²) in [5, 5.41) is 0. The van der Waals surface area contributed by atoms with Crippen molar-refractivity contribution in [3.8, 4) is 0 Å². The summed E-state index contributed by atoms with van der Waals surface area (Å²) in [5.41, 5.74) is 1.37. The van der Waals surface area contributed by atoms with Crippen LogP contribution in [-0.4, -0.2) is 5.75 Å². The van der Waals surface area contributed by atoms with E-state index in [1.165, 1.54) is 6.07 Å². The van der Waals surface area contributed by atoms with Gasteiger partial charge in [0.2, 0.25) is 0 Å². The molecule has 70 valence electrons. The summed E-state index contributed by atoms with van der Waals surface area (Å²) in [6.45, 7) is 0. The Kier molecular flexibility index (Phi) is 4.33. The lowest BCUT2D eigenvalue weighted by atomic mass is 10.1. The summed E-state index contributed by atoms with van der Waals surface area (Å²) in [5.74, 6) is 0.609. The normalized spacial score (nSPS) is 11.0. The van der Waals surface area contributed by atoms with E-state index in [0.29, 0.717) is 11.3 Å². The van der Waals surface area contributed by atoms with Gasteiger partial charge in [0.05, 0.1) is 5.88 Å². The van der Waals surface area contributed by atoms with Crippen molar-refractivity contribution in [2.24, 2.45) is 0 Å². The van der Waals surface area contributed by atoms with Crippen molar-refractivity contribution in [2.75, 3.05) is 5.75 Å². The van der Waals surface area contributed by atoms with E-state index < -0.39 is 0 Å². The molecule has 0 aromatic heterocycles. The zero-order valence-electron chi connectivity index (χ0n) is 7.00. The van der Waals surface area contributed by atoms with Crippen LogP contribution >= 0.6 is 24.2 Å². The molecule has 0 radical (unpaired) electrons. The number of benzene rings is 1. The van der Waals surface area contributed by atoms with Gasteiger partial charge in [0.1, 0.15) is 5.82 Å². The number of thiol groups is 1. The van der Waals surface area contributed by atoms with Crippen LogP contribution in [0.5, 0.6) is 0 Å². The van der Waals surface area contributed by atoms with Crippen molar-refractivity contribution < 1.29 is 4.39 Å². The number of hydrogen-bond donors (Lipinski definition) is 1. The van der Waals surface area contributed by atoms with Crippen LogP contribution in [-0.2, 0) is 5.88 Å². The molecule has 0 nitrogen and oxygen atoms in total. The molecule has 0 amide bonds. The minimum atomic E-state index is -0.253. The van der Waals surface area contributed by atoms with E-state index in [2.05, 4.69) is 12.6 Å². The maximum atomic E-state index is 13.1. The molecule has 0 aliphatic carbocycles. The van der Waals surface area contributed by atoms with Crippen molar-refractivity contribution >= 4 is 30.3 Å². The van der Waals surface area contributed by atoms with Gasteiger partial charge in [-0.1, -0.05) is 24.3 Å². The maximum Gasteiger partial charge on any atom is 0.128 e. The first-order valence-corrected chi connectivity index (χ1v) is 5.06. The van der Waals surface area contributed by atoms with E-state index in [-0.39, 0.29) is 11.7 Å². The van der Waals surface area contributed by atoms with Crippen LogP contribution in [0, 0.1) is 5.82 Å². The molecule has 3 heteroatoms. The summed E-state index contributed by atoms with van der Waals surface area (Å²) in [4.78, 5) is 0. The number of rotatable bonds is 3. The summed E-state index contributed by atoms with van der Waals surface area (Å²) < 4.78 is 13.1. The predicted molar refractivity (Wildman–Crippen MR) is 58.8 cm³/mol. The number of alkyl halides is 1. The van der Waals surface area contributed by atoms with Crippen LogP contribution in [0.4, 0.5) is 4.39 Å². The minimum absolute atomic E-state index is 0.211. The molecular formula is C10H10ClFS. The molecule has 0 aliphatic heterocycles.